The van der Waals surface area contributed by atoms with Gasteiger partial charge < -0.3 is 9.84 Å². The van der Waals surface area contributed by atoms with Gasteiger partial charge in [-0.25, -0.2) is 4.98 Å². The van der Waals surface area contributed by atoms with E-state index in [1.54, 1.807) is 6.07 Å². The summed E-state index contributed by atoms with van der Waals surface area (Å²) in [4.78, 5) is 14.1. The summed E-state index contributed by atoms with van der Waals surface area (Å²) in [5.41, 5.74) is 0.328. The van der Waals surface area contributed by atoms with Crippen molar-refractivity contribution >= 4 is 17.3 Å². The van der Waals surface area contributed by atoms with Crippen molar-refractivity contribution in [3.8, 4) is 11.5 Å². The first-order valence-corrected chi connectivity index (χ1v) is 5.65. The van der Waals surface area contributed by atoms with Crippen LogP contribution in [-0.4, -0.2) is 15.0 Å². The minimum absolute atomic E-state index is 0.0423. The molecule has 0 fully saturated rings. The van der Waals surface area contributed by atoms with E-state index in [-0.39, 0.29) is 18.0 Å². The van der Waals surface area contributed by atoms with Gasteiger partial charge in [-0.15, -0.1) is 0 Å². The third kappa shape index (κ3) is 3.18. The first-order chi connectivity index (χ1) is 9.10. The largest absolute Gasteiger partial charge is 0.448 e. The van der Waals surface area contributed by atoms with Gasteiger partial charge >= 0.3 is 5.69 Å². The molecule has 0 radical (unpaired) electrons. The minimum atomic E-state index is -0.556. The average Bonchev–Trinajstić information content (AvgIpc) is 2.41. The monoisotopic (exact) mass is 280 g/mol. The maximum Gasteiger partial charge on any atom is 0.311 e. The zero-order chi connectivity index (χ0) is 13.8. The van der Waals surface area contributed by atoms with Crippen LogP contribution in [0.2, 0.25) is 5.15 Å². The maximum absolute atomic E-state index is 10.9. The maximum atomic E-state index is 10.9. The van der Waals surface area contributed by atoms with Crippen LogP contribution in [0.4, 0.5) is 5.69 Å². The summed E-state index contributed by atoms with van der Waals surface area (Å²) < 4.78 is 5.39. The quantitative estimate of drug-likeness (QED) is 0.529. The summed E-state index contributed by atoms with van der Waals surface area (Å²) in [6.45, 7) is -0.229. The van der Waals surface area contributed by atoms with Gasteiger partial charge in [-0.3, -0.25) is 10.1 Å². The third-order valence-corrected chi connectivity index (χ3v) is 2.56. The van der Waals surface area contributed by atoms with Gasteiger partial charge in [0.1, 0.15) is 10.9 Å². The molecule has 0 amide bonds. The van der Waals surface area contributed by atoms with Crippen molar-refractivity contribution in [2.45, 2.75) is 6.61 Å². The normalized spacial score (nSPS) is 10.2. The molecule has 98 valence electrons. The van der Waals surface area contributed by atoms with Crippen LogP contribution < -0.4 is 4.74 Å². The van der Waals surface area contributed by atoms with E-state index in [2.05, 4.69) is 4.98 Å². The Labute approximate surface area is 113 Å². The van der Waals surface area contributed by atoms with Crippen molar-refractivity contribution in [2.75, 3.05) is 0 Å². The number of aromatic nitrogens is 1. The van der Waals surface area contributed by atoms with Crippen LogP contribution in [0.15, 0.2) is 36.5 Å². The molecule has 0 saturated carbocycles. The Hall–Kier alpha value is -2.18. The number of halogens is 1. The molecule has 6 nitrogen and oxygen atoms in total. The molecule has 0 aliphatic rings. The third-order valence-electron chi connectivity index (χ3n) is 2.33. The average molecular weight is 281 g/mol. The number of pyridine rings is 1. The van der Waals surface area contributed by atoms with Gasteiger partial charge in [0.05, 0.1) is 17.7 Å². The SMILES string of the molecule is O=[N+]([O-])c1ccc(CO)cc1Oc1ccc(Cl)nc1. The predicted octanol–water partition coefficient (Wildman–Crippen LogP) is 2.93. The van der Waals surface area contributed by atoms with Crippen molar-refractivity contribution in [1.82, 2.24) is 4.98 Å². The molecule has 0 atom stereocenters. The lowest BCUT2D eigenvalue weighted by atomic mass is 10.2. The highest BCUT2D eigenvalue weighted by Gasteiger charge is 2.16. The molecule has 1 aromatic heterocycles. The topological polar surface area (TPSA) is 85.5 Å². The van der Waals surface area contributed by atoms with Gasteiger partial charge in [0.25, 0.3) is 0 Å². The van der Waals surface area contributed by atoms with Crippen LogP contribution in [-0.2, 0) is 6.61 Å². The summed E-state index contributed by atoms with van der Waals surface area (Å²) >= 11 is 5.64. The van der Waals surface area contributed by atoms with E-state index in [1.165, 1.54) is 30.5 Å². The van der Waals surface area contributed by atoms with Crippen LogP contribution in [0.3, 0.4) is 0 Å². The Balaban J connectivity index is 2.36. The highest BCUT2D eigenvalue weighted by atomic mass is 35.5. The van der Waals surface area contributed by atoms with E-state index < -0.39 is 4.92 Å². The smallest absolute Gasteiger partial charge is 0.311 e. The molecule has 19 heavy (non-hydrogen) atoms. The number of ether oxygens (including phenoxy) is 1. The number of benzene rings is 1. The number of nitro groups is 1. The fourth-order valence-electron chi connectivity index (χ4n) is 1.44. The predicted molar refractivity (Wildman–Crippen MR) is 68.3 cm³/mol. The first-order valence-electron chi connectivity index (χ1n) is 5.27. The van der Waals surface area contributed by atoms with Crippen LogP contribution in [0, 0.1) is 10.1 Å². The van der Waals surface area contributed by atoms with Gasteiger partial charge in [-0.05, 0) is 29.8 Å². The molecule has 0 spiro atoms. The zero-order valence-corrected chi connectivity index (χ0v) is 10.4. The molecule has 1 N–H and O–H groups in total. The number of aliphatic hydroxyl groups is 1. The standard InChI is InChI=1S/C12H9ClN2O4/c13-12-4-2-9(6-14-12)19-11-5-8(7-16)1-3-10(11)15(17)18/h1-6,16H,7H2. The summed E-state index contributed by atoms with van der Waals surface area (Å²) in [5, 5.41) is 20.2. The molecule has 0 bridgehead atoms. The van der Waals surface area contributed by atoms with Gasteiger partial charge in [0.15, 0.2) is 0 Å². The van der Waals surface area contributed by atoms with E-state index in [0.29, 0.717) is 16.5 Å². The second-order valence-electron chi connectivity index (χ2n) is 3.64. The minimum Gasteiger partial charge on any atom is -0.448 e. The Kier molecular flexibility index (Phi) is 3.94. The molecule has 0 aliphatic heterocycles. The fraction of sp³-hybridized carbons (Fsp3) is 0.0833. The summed E-state index contributed by atoms with van der Waals surface area (Å²) in [6.07, 6.45) is 1.36. The van der Waals surface area contributed by atoms with Crippen molar-refractivity contribution in [1.29, 1.82) is 0 Å². The number of hydrogen-bond donors (Lipinski definition) is 1. The van der Waals surface area contributed by atoms with Crippen LogP contribution in [0.25, 0.3) is 0 Å². The van der Waals surface area contributed by atoms with Crippen molar-refractivity contribution in [3.05, 3.63) is 57.4 Å². The molecule has 0 saturated heterocycles. The molecule has 0 aliphatic carbocycles. The second-order valence-corrected chi connectivity index (χ2v) is 4.02. The van der Waals surface area contributed by atoms with E-state index in [4.69, 9.17) is 21.4 Å². The molecular weight excluding hydrogens is 272 g/mol. The number of hydrogen-bond acceptors (Lipinski definition) is 5. The number of rotatable bonds is 4. The molecule has 2 aromatic rings. The molecule has 1 aromatic carbocycles. The number of aliphatic hydroxyl groups excluding tert-OH is 1. The Bertz CT molecular complexity index is 601. The fourth-order valence-corrected chi connectivity index (χ4v) is 1.55. The molecular formula is C12H9ClN2O4. The molecule has 0 unspecified atom stereocenters. The lowest BCUT2D eigenvalue weighted by Crippen LogP contribution is -1.95. The Morgan fingerprint density at radius 3 is 2.74 bits per heavy atom. The lowest BCUT2D eigenvalue weighted by Gasteiger charge is -2.07. The zero-order valence-electron chi connectivity index (χ0n) is 9.62. The summed E-state index contributed by atoms with van der Waals surface area (Å²) in [7, 11) is 0. The summed E-state index contributed by atoms with van der Waals surface area (Å²) in [6, 6.07) is 7.21. The van der Waals surface area contributed by atoms with Crippen molar-refractivity contribution in [2.24, 2.45) is 0 Å². The van der Waals surface area contributed by atoms with Gasteiger partial charge in [0.2, 0.25) is 5.75 Å². The van der Waals surface area contributed by atoms with Gasteiger partial charge in [-0.1, -0.05) is 11.6 Å². The van der Waals surface area contributed by atoms with Crippen LogP contribution in [0.5, 0.6) is 11.5 Å². The first kappa shape index (κ1) is 13.3. The van der Waals surface area contributed by atoms with Gasteiger partial charge in [0, 0.05) is 6.07 Å². The van der Waals surface area contributed by atoms with Crippen LogP contribution >= 0.6 is 11.6 Å². The molecule has 1 heterocycles. The Morgan fingerprint density at radius 1 is 1.37 bits per heavy atom. The number of nitro benzene ring substituents is 1. The highest BCUT2D eigenvalue weighted by Crippen LogP contribution is 2.32. The summed E-state index contributed by atoms with van der Waals surface area (Å²) in [5.74, 6) is 0.364. The van der Waals surface area contributed by atoms with Crippen molar-refractivity contribution < 1.29 is 14.8 Å². The highest BCUT2D eigenvalue weighted by molar-refractivity contribution is 6.29. The van der Waals surface area contributed by atoms with E-state index >= 15 is 0 Å². The van der Waals surface area contributed by atoms with E-state index in [9.17, 15) is 10.1 Å². The Morgan fingerprint density at radius 2 is 2.16 bits per heavy atom. The van der Waals surface area contributed by atoms with Crippen molar-refractivity contribution in [3.63, 3.8) is 0 Å². The lowest BCUT2D eigenvalue weighted by molar-refractivity contribution is -0.385. The van der Waals surface area contributed by atoms with Gasteiger partial charge in [-0.2, -0.15) is 0 Å². The van der Waals surface area contributed by atoms with Crippen LogP contribution in [0.1, 0.15) is 5.56 Å². The second kappa shape index (κ2) is 5.64. The molecule has 2 rings (SSSR count). The molecule has 7 heteroatoms. The van der Waals surface area contributed by atoms with E-state index in [1.807, 2.05) is 0 Å². The van der Waals surface area contributed by atoms with E-state index in [0.717, 1.165) is 0 Å². The number of nitrogens with zero attached hydrogens (tertiary/aromatic N) is 2.